The van der Waals surface area contributed by atoms with E-state index in [0.29, 0.717) is 35.2 Å². The van der Waals surface area contributed by atoms with E-state index in [1.807, 2.05) is 0 Å². The maximum atomic E-state index is 14.1. The van der Waals surface area contributed by atoms with Gasteiger partial charge in [0.25, 0.3) is 0 Å². The molecule has 1 aliphatic heterocycles. The number of hydrogen-bond donors (Lipinski definition) is 2. The van der Waals surface area contributed by atoms with E-state index in [2.05, 4.69) is 28.9 Å². The van der Waals surface area contributed by atoms with Crippen LogP contribution in [0.4, 0.5) is 10.2 Å². The first-order valence-electron chi connectivity index (χ1n) is 8.38. The Kier molecular flexibility index (Phi) is 4.71. The number of anilines is 1. The zero-order chi connectivity index (χ0) is 16.4. The van der Waals surface area contributed by atoms with Crippen molar-refractivity contribution in [3.05, 3.63) is 17.9 Å². The van der Waals surface area contributed by atoms with Gasteiger partial charge in [-0.2, -0.15) is 5.10 Å². The maximum absolute atomic E-state index is 14.1. The van der Waals surface area contributed by atoms with Gasteiger partial charge >= 0.3 is 0 Å². The standard InChI is InChI=1S/C17H25FN4O/c1-3-11(2)22-6-4-12(5-7-22)10-23-13-8-14(18)16-15(9-13)20-21-17(16)19/h8-9,11-12H,3-7,10H2,1-2H3,(H3,19,20,21). The van der Waals surface area contributed by atoms with Crippen LogP contribution in [-0.2, 0) is 0 Å². The molecule has 1 aromatic carbocycles. The second-order valence-corrected chi connectivity index (χ2v) is 6.48. The number of ether oxygens (including phenoxy) is 1. The fraction of sp³-hybridized carbons (Fsp3) is 0.588. The van der Waals surface area contributed by atoms with Gasteiger partial charge in [0.15, 0.2) is 5.82 Å². The Balaban J connectivity index is 1.57. The molecule has 2 heterocycles. The number of halogens is 1. The second kappa shape index (κ2) is 6.74. The highest BCUT2D eigenvalue weighted by atomic mass is 19.1. The van der Waals surface area contributed by atoms with Crippen molar-refractivity contribution >= 4 is 16.7 Å². The molecule has 0 saturated carbocycles. The first kappa shape index (κ1) is 16.1. The van der Waals surface area contributed by atoms with Crippen molar-refractivity contribution in [2.24, 2.45) is 5.92 Å². The molecule has 3 rings (SSSR count). The summed E-state index contributed by atoms with van der Waals surface area (Å²) in [4.78, 5) is 2.54. The number of benzene rings is 1. The van der Waals surface area contributed by atoms with Crippen molar-refractivity contribution in [1.29, 1.82) is 0 Å². The summed E-state index contributed by atoms with van der Waals surface area (Å²) in [6, 6.07) is 3.80. The Labute approximate surface area is 136 Å². The fourth-order valence-electron chi connectivity index (χ4n) is 3.22. The predicted octanol–water partition coefficient (Wildman–Crippen LogP) is 3.17. The molecule has 126 valence electrons. The summed E-state index contributed by atoms with van der Waals surface area (Å²) in [5.41, 5.74) is 6.21. The van der Waals surface area contributed by atoms with Crippen molar-refractivity contribution in [3.63, 3.8) is 0 Å². The number of H-pyrrole nitrogens is 1. The van der Waals surface area contributed by atoms with Gasteiger partial charge in [0.05, 0.1) is 17.5 Å². The molecule has 0 spiro atoms. The van der Waals surface area contributed by atoms with E-state index in [0.717, 1.165) is 25.9 Å². The number of hydrogen-bond acceptors (Lipinski definition) is 4. The number of likely N-dealkylation sites (tertiary alicyclic amines) is 1. The Morgan fingerprint density at radius 3 is 2.87 bits per heavy atom. The average molecular weight is 320 g/mol. The van der Waals surface area contributed by atoms with Crippen LogP contribution in [-0.4, -0.2) is 40.8 Å². The second-order valence-electron chi connectivity index (χ2n) is 6.48. The van der Waals surface area contributed by atoms with Crippen LogP contribution in [0.2, 0.25) is 0 Å². The number of rotatable bonds is 5. The Morgan fingerprint density at radius 1 is 1.43 bits per heavy atom. The molecule has 5 nitrogen and oxygen atoms in total. The summed E-state index contributed by atoms with van der Waals surface area (Å²) >= 11 is 0. The van der Waals surface area contributed by atoms with Gasteiger partial charge in [-0.3, -0.25) is 5.10 Å². The summed E-state index contributed by atoms with van der Waals surface area (Å²) < 4.78 is 19.9. The lowest BCUT2D eigenvalue weighted by atomic mass is 9.96. The molecule has 3 N–H and O–H groups in total. The summed E-state index contributed by atoms with van der Waals surface area (Å²) in [7, 11) is 0. The topological polar surface area (TPSA) is 67.2 Å². The lowest BCUT2D eigenvalue weighted by Crippen LogP contribution is -2.40. The van der Waals surface area contributed by atoms with E-state index in [1.165, 1.54) is 12.5 Å². The molecular formula is C17H25FN4O. The van der Waals surface area contributed by atoms with Crippen LogP contribution in [0.25, 0.3) is 10.9 Å². The molecule has 0 bridgehead atoms. The van der Waals surface area contributed by atoms with Crippen molar-refractivity contribution in [3.8, 4) is 5.75 Å². The number of nitrogens with one attached hydrogen (secondary N) is 1. The molecule has 6 heteroatoms. The van der Waals surface area contributed by atoms with Gasteiger partial charge in [-0.1, -0.05) is 6.92 Å². The van der Waals surface area contributed by atoms with E-state index >= 15 is 0 Å². The van der Waals surface area contributed by atoms with Crippen molar-refractivity contribution in [2.75, 3.05) is 25.4 Å². The maximum Gasteiger partial charge on any atom is 0.156 e. The third kappa shape index (κ3) is 3.42. The molecule has 1 unspecified atom stereocenters. The first-order chi connectivity index (χ1) is 11.1. The number of nitrogens with zero attached hydrogens (tertiary/aromatic N) is 2. The molecule has 1 fully saturated rings. The summed E-state index contributed by atoms with van der Waals surface area (Å²) in [6.07, 6.45) is 3.45. The Morgan fingerprint density at radius 2 is 2.17 bits per heavy atom. The Hall–Kier alpha value is -1.82. The monoisotopic (exact) mass is 320 g/mol. The largest absolute Gasteiger partial charge is 0.493 e. The van der Waals surface area contributed by atoms with Gasteiger partial charge < -0.3 is 15.4 Å². The van der Waals surface area contributed by atoms with E-state index in [-0.39, 0.29) is 5.82 Å². The SMILES string of the molecule is CCC(C)N1CCC(COc2cc(F)c3c(N)n[nH]c3c2)CC1. The molecule has 0 aliphatic carbocycles. The van der Waals surface area contributed by atoms with E-state index in [9.17, 15) is 4.39 Å². The predicted molar refractivity (Wildman–Crippen MR) is 90.0 cm³/mol. The van der Waals surface area contributed by atoms with Gasteiger partial charge in [0.2, 0.25) is 0 Å². The Bertz CT molecular complexity index is 664. The molecular weight excluding hydrogens is 295 g/mol. The zero-order valence-electron chi connectivity index (χ0n) is 13.8. The van der Waals surface area contributed by atoms with Crippen LogP contribution in [0.1, 0.15) is 33.1 Å². The molecule has 23 heavy (non-hydrogen) atoms. The van der Waals surface area contributed by atoms with Crippen LogP contribution < -0.4 is 10.5 Å². The van der Waals surface area contributed by atoms with Crippen molar-refractivity contribution in [2.45, 2.75) is 39.2 Å². The fourth-order valence-corrected chi connectivity index (χ4v) is 3.22. The quantitative estimate of drug-likeness (QED) is 0.888. The third-order valence-corrected chi connectivity index (χ3v) is 4.97. The van der Waals surface area contributed by atoms with E-state index in [1.54, 1.807) is 6.07 Å². The van der Waals surface area contributed by atoms with E-state index < -0.39 is 5.82 Å². The highest BCUT2D eigenvalue weighted by molar-refractivity contribution is 5.90. The minimum atomic E-state index is -0.393. The average Bonchev–Trinajstić information content (AvgIpc) is 2.94. The molecule has 1 saturated heterocycles. The number of aromatic amines is 1. The van der Waals surface area contributed by atoms with Crippen LogP contribution in [0.3, 0.4) is 0 Å². The van der Waals surface area contributed by atoms with Gasteiger partial charge in [-0.15, -0.1) is 0 Å². The molecule has 0 radical (unpaired) electrons. The van der Waals surface area contributed by atoms with Gasteiger partial charge in [0, 0.05) is 18.2 Å². The number of aromatic nitrogens is 2. The highest BCUT2D eigenvalue weighted by Gasteiger charge is 2.22. The van der Waals surface area contributed by atoms with Crippen LogP contribution in [0.15, 0.2) is 12.1 Å². The summed E-state index contributed by atoms with van der Waals surface area (Å²) in [5, 5.41) is 6.89. The normalized spacial score (nSPS) is 18.4. The summed E-state index contributed by atoms with van der Waals surface area (Å²) in [5.74, 6) is 0.848. The first-order valence-corrected chi connectivity index (χ1v) is 8.38. The van der Waals surface area contributed by atoms with E-state index in [4.69, 9.17) is 10.5 Å². The number of fused-ring (bicyclic) bond motifs is 1. The summed E-state index contributed by atoms with van der Waals surface area (Å²) in [6.45, 7) is 7.38. The van der Waals surface area contributed by atoms with Crippen LogP contribution in [0.5, 0.6) is 5.75 Å². The minimum Gasteiger partial charge on any atom is -0.493 e. The van der Waals surface area contributed by atoms with Crippen LogP contribution in [0, 0.1) is 11.7 Å². The minimum absolute atomic E-state index is 0.182. The number of piperidine rings is 1. The zero-order valence-corrected chi connectivity index (χ0v) is 13.8. The molecule has 0 amide bonds. The van der Waals surface area contributed by atoms with Crippen molar-refractivity contribution < 1.29 is 9.13 Å². The lowest BCUT2D eigenvalue weighted by molar-refractivity contribution is 0.111. The van der Waals surface area contributed by atoms with Crippen LogP contribution >= 0.6 is 0 Å². The number of nitrogens with two attached hydrogens (primary N) is 1. The molecule has 2 aromatic rings. The molecule has 1 aliphatic rings. The van der Waals surface area contributed by atoms with Gasteiger partial charge in [0.1, 0.15) is 11.6 Å². The highest BCUT2D eigenvalue weighted by Crippen LogP contribution is 2.28. The molecule has 1 atom stereocenters. The van der Waals surface area contributed by atoms with Gasteiger partial charge in [-0.25, -0.2) is 4.39 Å². The molecule has 1 aromatic heterocycles. The lowest BCUT2D eigenvalue weighted by Gasteiger charge is -2.35. The smallest absolute Gasteiger partial charge is 0.156 e. The number of nitrogen functional groups attached to an aromatic ring is 1. The van der Waals surface area contributed by atoms with Gasteiger partial charge in [-0.05, 0) is 45.2 Å². The van der Waals surface area contributed by atoms with Crippen molar-refractivity contribution in [1.82, 2.24) is 15.1 Å². The third-order valence-electron chi connectivity index (χ3n) is 4.97.